The molecule has 1 aromatic heterocycles. The summed E-state index contributed by atoms with van der Waals surface area (Å²) in [6, 6.07) is 0.456. The second kappa shape index (κ2) is 7.68. The van der Waals surface area contributed by atoms with E-state index in [9.17, 15) is 0 Å². The quantitative estimate of drug-likeness (QED) is 0.759. The maximum atomic E-state index is 5.23. The van der Waals surface area contributed by atoms with Gasteiger partial charge in [0, 0.05) is 12.5 Å². The molecule has 0 saturated heterocycles. The third kappa shape index (κ3) is 4.53. The first kappa shape index (κ1) is 13.5. The van der Waals surface area contributed by atoms with Gasteiger partial charge in [-0.15, -0.1) is 0 Å². The fourth-order valence-corrected chi connectivity index (χ4v) is 2.06. The molecule has 0 aliphatic rings. The molecule has 0 bridgehead atoms. The Morgan fingerprint density at radius 1 is 1.44 bits per heavy atom. The number of hydrogen-bond donors (Lipinski definition) is 1. The van der Waals surface area contributed by atoms with Crippen LogP contribution in [0.25, 0.3) is 0 Å². The van der Waals surface area contributed by atoms with Gasteiger partial charge < -0.3 is 9.84 Å². The van der Waals surface area contributed by atoms with Gasteiger partial charge in [0.05, 0.1) is 5.75 Å². The summed E-state index contributed by atoms with van der Waals surface area (Å²) in [6.07, 6.45) is 5.19. The van der Waals surface area contributed by atoms with Crippen molar-refractivity contribution >= 4 is 11.8 Å². The van der Waals surface area contributed by atoms with Crippen molar-refractivity contribution in [3.8, 4) is 0 Å². The average molecular weight is 243 g/mol. The van der Waals surface area contributed by atoms with E-state index in [0.29, 0.717) is 6.04 Å². The molecule has 0 spiro atoms. The minimum atomic E-state index is 0.456. The molecule has 0 fully saturated rings. The molecule has 0 aromatic carbocycles. The average Bonchev–Trinajstić information content (AvgIpc) is 2.67. The minimum Gasteiger partial charge on any atom is -0.339 e. The predicted octanol–water partition coefficient (Wildman–Crippen LogP) is 2.25. The molecule has 1 aromatic rings. The zero-order chi connectivity index (χ0) is 11.8. The maximum Gasteiger partial charge on any atom is 0.228 e. The normalized spacial score (nSPS) is 12.9. The third-order valence-electron chi connectivity index (χ3n) is 2.33. The Morgan fingerprint density at radius 3 is 2.88 bits per heavy atom. The molecule has 0 aliphatic heterocycles. The molecular weight excluding hydrogens is 222 g/mol. The molecule has 4 nitrogen and oxygen atoms in total. The smallest absolute Gasteiger partial charge is 0.228 e. The highest BCUT2D eigenvalue weighted by Crippen LogP contribution is 2.09. The van der Waals surface area contributed by atoms with Gasteiger partial charge in [0.2, 0.25) is 5.89 Å². The van der Waals surface area contributed by atoms with Crippen molar-refractivity contribution in [1.29, 1.82) is 0 Å². The fraction of sp³-hybridized carbons (Fsp3) is 0.818. The number of aromatic nitrogens is 2. The summed E-state index contributed by atoms with van der Waals surface area (Å²) in [4.78, 5) is 4.37. The standard InChI is InChI=1S/C11H21N3OS/c1-4-6-9(12-5-2)7-11-13-10(8-16-3)14-15-11/h9,12H,4-8H2,1-3H3. The summed E-state index contributed by atoms with van der Waals surface area (Å²) < 4.78 is 5.23. The second-order valence-electron chi connectivity index (χ2n) is 3.78. The number of thioether (sulfide) groups is 1. The van der Waals surface area contributed by atoms with E-state index in [1.807, 2.05) is 6.26 Å². The maximum absolute atomic E-state index is 5.23. The Labute approximate surface area is 102 Å². The molecular formula is C11H21N3OS. The highest BCUT2D eigenvalue weighted by atomic mass is 32.2. The molecule has 5 heteroatoms. The Bertz CT molecular complexity index is 285. The summed E-state index contributed by atoms with van der Waals surface area (Å²) in [6.45, 7) is 5.30. The Kier molecular flexibility index (Phi) is 6.49. The number of likely N-dealkylation sites (N-methyl/N-ethyl adjacent to an activating group) is 1. The molecule has 0 saturated carbocycles. The lowest BCUT2D eigenvalue weighted by molar-refractivity contribution is 0.349. The van der Waals surface area contributed by atoms with Crippen LogP contribution < -0.4 is 5.32 Å². The van der Waals surface area contributed by atoms with Crippen LogP contribution in [0.4, 0.5) is 0 Å². The SMILES string of the molecule is CCCC(Cc1nc(CSC)no1)NCC. The van der Waals surface area contributed by atoms with Gasteiger partial charge in [-0.25, -0.2) is 0 Å². The first-order valence-electron chi connectivity index (χ1n) is 5.83. The summed E-state index contributed by atoms with van der Waals surface area (Å²) in [5.74, 6) is 2.38. The number of hydrogen-bond acceptors (Lipinski definition) is 5. The van der Waals surface area contributed by atoms with Crippen LogP contribution in [0, 0.1) is 0 Å². The summed E-state index contributed by atoms with van der Waals surface area (Å²) in [5, 5.41) is 7.38. The zero-order valence-electron chi connectivity index (χ0n) is 10.3. The predicted molar refractivity (Wildman–Crippen MR) is 67.6 cm³/mol. The van der Waals surface area contributed by atoms with Gasteiger partial charge in [0.15, 0.2) is 5.82 Å². The van der Waals surface area contributed by atoms with Crippen LogP contribution in [0.5, 0.6) is 0 Å². The van der Waals surface area contributed by atoms with Crippen molar-refractivity contribution in [2.45, 2.75) is 44.9 Å². The summed E-state index contributed by atoms with van der Waals surface area (Å²) >= 11 is 1.71. The third-order valence-corrected chi connectivity index (χ3v) is 2.88. The van der Waals surface area contributed by atoms with E-state index in [-0.39, 0.29) is 0 Å². The molecule has 1 unspecified atom stereocenters. The molecule has 1 N–H and O–H groups in total. The largest absolute Gasteiger partial charge is 0.339 e. The minimum absolute atomic E-state index is 0.456. The molecule has 0 radical (unpaired) electrons. The van der Waals surface area contributed by atoms with Crippen LogP contribution in [0.15, 0.2) is 4.52 Å². The summed E-state index contributed by atoms with van der Waals surface area (Å²) in [5.41, 5.74) is 0. The molecule has 0 amide bonds. The van der Waals surface area contributed by atoms with Crippen LogP contribution in [-0.2, 0) is 12.2 Å². The van der Waals surface area contributed by atoms with Crippen LogP contribution in [0.3, 0.4) is 0 Å². The van der Waals surface area contributed by atoms with Gasteiger partial charge in [-0.2, -0.15) is 16.7 Å². The van der Waals surface area contributed by atoms with Gasteiger partial charge in [-0.3, -0.25) is 0 Å². The topological polar surface area (TPSA) is 51.0 Å². The first-order valence-corrected chi connectivity index (χ1v) is 7.23. The Hall–Kier alpha value is -0.550. The van der Waals surface area contributed by atoms with E-state index in [0.717, 1.165) is 36.9 Å². The van der Waals surface area contributed by atoms with Crippen molar-refractivity contribution in [2.24, 2.45) is 0 Å². The van der Waals surface area contributed by atoms with E-state index in [2.05, 4.69) is 29.3 Å². The van der Waals surface area contributed by atoms with E-state index in [1.54, 1.807) is 11.8 Å². The highest BCUT2D eigenvalue weighted by molar-refractivity contribution is 7.97. The number of rotatable bonds is 8. The van der Waals surface area contributed by atoms with E-state index >= 15 is 0 Å². The van der Waals surface area contributed by atoms with Crippen molar-refractivity contribution in [3.63, 3.8) is 0 Å². The van der Waals surface area contributed by atoms with Crippen molar-refractivity contribution in [3.05, 3.63) is 11.7 Å². The summed E-state index contributed by atoms with van der Waals surface area (Å²) in [7, 11) is 0. The van der Waals surface area contributed by atoms with Gasteiger partial charge >= 0.3 is 0 Å². The lowest BCUT2D eigenvalue weighted by atomic mass is 10.1. The van der Waals surface area contributed by atoms with Gasteiger partial charge in [-0.05, 0) is 19.2 Å². The van der Waals surface area contributed by atoms with E-state index < -0.39 is 0 Å². The molecule has 1 rings (SSSR count). The Morgan fingerprint density at radius 2 is 2.25 bits per heavy atom. The van der Waals surface area contributed by atoms with Gasteiger partial charge in [-0.1, -0.05) is 25.4 Å². The lowest BCUT2D eigenvalue weighted by Crippen LogP contribution is -2.30. The van der Waals surface area contributed by atoms with Crippen LogP contribution in [-0.4, -0.2) is 29.0 Å². The molecule has 1 heterocycles. The van der Waals surface area contributed by atoms with Crippen LogP contribution in [0.2, 0.25) is 0 Å². The first-order chi connectivity index (χ1) is 7.80. The molecule has 16 heavy (non-hydrogen) atoms. The van der Waals surface area contributed by atoms with Crippen LogP contribution in [0.1, 0.15) is 38.4 Å². The lowest BCUT2D eigenvalue weighted by Gasteiger charge is -2.14. The molecule has 0 aliphatic carbocycles. The zero-order valence-corrected chi connectivity index (χ0v) is 11.1. The fourth-order valence-electron chi connectivity index (χ4n) is 1.68. The molecule has 92 valence electrons. The monoisotopic (exact) mass is 243 g/mol. The van der Waals surface area contributed by atoms with E-state index in [1.165, 1.54) is 6.42 Å². The molecule has 1 atom stereocenters. The van der Waals surface area contributed by atoms with Crippen LogP contribution >= 0.6 is 11.8 Å². The van der Waals surface area contributed by atoms with Crippen molar-refractivity contribution in [1.82, 2.24) is 15.5 Å². The number of nitrogens with one attached hydrogen (secondary N) is 1. The second-order valence-corrected chi connectivity index (χ2v) is 4.65. The Balaban J connectivity index is 2.48. The van der Waals surface area contributed by atoms with E-state index in [4.69, 9.17) is 4.52 Å². The van der Waals surface area contributed by atoms with Crippen molar-refractivity contribution < 1.29 is 4.52 Å². The van der Waals surface area contributed by atoms with Gasteiger partial charge in [0.1, 0.15) is 0 Å². The van der Waals surface area contributed by atoms with Gasteiger partial charge in [0.25, 0.3) is 0 Å². The highest BCUT2D eigenvalue weighted by Gasteiger charge is 2.12. The van der Waals surface area contributed by atoms with Crippen molar-refractivity contribution in [2.75, 3.05) is 12.8 Å². The number of nitrogens with zero attached hydrogens (tertiary/aromatic N) is 2.